The van der Waals surface area contributed by atoms with Crippen LogP contribution in [0.2, 0.25) is 0 Å². The summed E-state index contributed by atoms with van der Waals surface area (Å²) in [4.78, 5) is 32.0. The first kappa shape index (κ1) is 23.9. The number of nitrogens with zero attached hydrogens (tertiary/aromatic N) is 2. The highest BCUT2D eigenvalue weighted by Gasteiger charge is 2.19. The summed E-state index contributed by atoms with van der Waals surface area (Å²) in [6, 6.07) is 11.4. The Bertz CT molecular complexity index is 1210. The number of halogens is 1. The van der Waals surface area contributed by atoms with Gasteiger partial charge >= 0.3 is 0 Å². The number of H-pyrrole nitrogens is 1. The maximum atomic E-state index is 13.8. The van der Waals surface area contributed by atoms with Gasteiger partial charge in [0.15, 0.2) is 0 Å². The number of aromatic nitrogens is 2. The molecular weight excluding hydrogens is 433 g/mol. The first-order valence-electron chi connectivity index (χ1n) is 11.9. The van der Waals surface area contributed by atoms with Crippen LogP contribution in [0.25, 0.3) is 10.8 Å². The van der Waals surface area contributed by atoms with E-state index >= 15 is 0 Å². The molecule has 34 heavy (non-hydrogen) atoms. The number of carbonyl (C=O) groups is 1. The quantitative estimate of drug-likeness (QED) is 0.516. The molecule has 180 valence electrons. The summed E-state index contributed by atoms with van der Waals surface area (Å²) < 4.78 is 13.8. The molecule has 8 heteroatoms. The van der Waals surface area contributed by atoms with Crippen LogP contribution in [0.5, 0.6) is 0 Å². The SMILES string of the molecule is CNC(=O)c1ccc(N2CCNCC2)c(F)n1.Cc1ccc2cc(C3CCCC3)[nH]c(=O)c2c1. The molecule has 2 aliphatic rings. The maximum absolute atomic E-state index is 13.8. The molecule has 7 nitrogen and oxygen atoms in total. The van der Waals surface area contributed by atoms with Crippen molar-refractivity contribution in [2.75, 3.05) is 38.1 Å². The topological polar surface area (TPSA) is 90.1 Å². The molecule has 0 atom stereocenters. The lowest BCUT2D eigenvalue weighted by Crippen LogP contribution is -2.44. The molecule has 3 N–H and O–H groups in total. The smallest absolute Gasteiger partial charge is 0.269 e. The molecule has 1 aliphatic carbocycles. The summed E-state index contributed by atoms with van der Waals surface area (Å²) in [5.74, 6) is -0.405. The van der Waals surface area contributed by atoms with E-state index in [9.17, 15) is 14.0 Å². The van der Waals surface area contributed by atoms with Crippen molar-refractivity contribution in [3.63, 3.8) is 0 Å². The highest BCUT2D eigenvalue weighted by atomic mass is 19.1. The van der Waals surface area contributed by atoms with Gasteiger partial charge in [0.2, 0.25) is 5.95 Å². The van der Waals surface area contributed by atoms with Crippen molar-refractivity contribution >= 4 is 22.4 Å². The van der Waals surface area contributed by atoms with Gasteiger partial charge < -0.3 is 20.5 Å². The van der Waals surface area contributed by atoms with Crippen LogP contribution >= 0.6 is 0 Å². The van der Waals surface area contributed by atoms with Crippen LogP contribution < -0.4 is 21.1 Å². The van der Waals surface area contributed by atoms with Gasteiger partial charge in [0.25, 0.3) is 11.5 Å². The Kier molecular flexibility index (Phi) is 7.57. The molecule has 0 bridgehead atoms. The lowest BCUT2D eigenvalue weighted by molar-refractivity contribution is 0.0957. The second-order valence-electron chi connectivity index (χ2n) is 8.95. The van der Waals surface area contributed by atoms with E-state index in [4.69, 9.17) is 0 Å². The van der Waals surface area contributed by atoms with Crippen molar-refractivity contribution < 1.29 is 9.18 Å². The molecule has 1 saturated heterocycles. The molecule has 0 unspecified atom stereocenters. The number of fused-ring (bicyclic) bond motifs is 1. The molecule has 2 aromatic heterocycles. The van der Waals surface area contributed by atoms with Gasteiger partial charge in [-0.05, 0) is 55.3 Å². The minimum atomic E-state index is -0.590. The number of amides is 1. The third kappa shape index (κ3) is 5.44. The average molecular weight is 466 g/mol. The predicted octanol–water partition coefficient (Wildman–Crippen LogP) is 3.48. The Morgan fingerprint density at radius 1 is 1.12 bits per heavy atom. The van der Waals surface area contributed by atoms with Crippen LogP contribution in [-0.2, 0) is 0 Å². The summed E-state index contributed by atoms with van der Waals surface area (Å²) in [6.45, 7) is 5.17. The molecule has 1 saturated carbocycles. The molecular formula is C26H32FN5O2. The molecule has 2 fully saturated rings. The third-order valence-electron chi connectivity index (χ3n) is 6.56. The largest absolute Gasteiger partial charge is 0.365 e. The van der Waals surface area contributed by atoms with Gasteiger partial charge in [-0.3, -0.25) is 9.59 Å². The van der Waals surface area contributed by atoms with Crippen LogP contribution in [0.1, 0.15) is 53.3 Å². The van der Waals surface area contributed by atoms with Gasteiger partial charge in [-0.25, -0.2) is 4.98 Å². The summed E-state index contributed by atoms with van der Waals surface area (Å²) in [5, 5.41) is 7.49. The van der Waals surface area contributed by atoms with Crippen molar-refractivity contribution in [3.05, 3.63) is 69.7 Å². The van der Waals surface area contributed by atoms with E-state index in [1.165, 1.54) is 32.7 Å². The molecule has 3 aromatic rings. The molecule has 5 rings (SSSR count). The fraction of sp³-hybridized carbons (Fsp3) is 0.423. The van der Waals surface area contributed by atoms with Crippen molar-refractivity contribution in [1.82, 2.24) is 20.6 Å². The molecule has 0 radical (unpaired) electrons. The Labute approximate surface area is 198 Å². The average Bonchev–Trinajstić information content (AvgIpc) is 3.40. The third-order valence-corrected chi connectivity index (χ3v) is 6.56. The summed E-state index contributed by atoms with van der Waals surface area (Å²) >= 11 is 0. The Morgan fingerprint density at radius 3 is 2.53 bits per heavy atom. The zero-order chi connectivity index (χ0) is 24.1. The van der Waals surface area contributed by atoms with Crippen molar-refractivity contribution in [2.24, 2.45) is 0 Å². The van der Waals surface area contributed by atoms with Gasteiger partial charge in [-0.1, -0.05) is 30.5 Å². The second-order valence-corrected chi connectivity index (χ2v) is 8.95. The first-order valence-corrected chi connectivity index (χ1v) is 11.9. The number of carbonyl (C=O) groups excluding carboxylic acids is 1. The molecule has 3 heterocycles. The number of rotatable bonds is 3. The fourth-order valence-electron chi connectivity index (χ4n) is 4.67. The number of pyridine rings is 2. The van der Waals surface area contributed by atoms with Gasteiger partial charge in [-0.2, -0.15) is 4.39 Å². The lowest BCUT2D eigenvalue weighted by Gasteiger charge is -2.29. The van der Waals surface area contributed by atoms with Gasteiger partial charge in [0.05, 0.1) is 5.69 Å². The number of nitrogens with one attached hydrogen (secondary N) is 3. The van der Waals surface area contributed by atoms with Crippen LogP contribution in [0.4, 0.5) is 10.1 Å². The standard InChI is InChI=1S/C15H17NO.C11H15FN4O/c1-10-6-7-12-9-14(11-4-2-3-5-11)16-15(17)13(12)8-10;1-13-11(17)8-2-3-9(10(12)15-8)16-6-4-14-5-7-16/h6-9,11H,2-5H2,1H3,(H,16,17);2-3,14H,4-7H2,1H3,(H,13,17). The van der Waals surface area contributed by atoms with E-state index in [0.717, 1.165) is 48.2 Å². The van der Waals surface area contributed by atoms with Crippen LogP contribution in [-0.4, -0.2) is 49.1 Å². The van der Waals surface area contributed by atoms with Crippen LogP contribution in [0.3, 0.4) is 0 Å². The fourth-order valence-corrected chi connectivity index (χ4v) is 4.67. The summed E-state index contributed by atoms with van der Waals surface area (Å²) in [7, 11) is 1.49. The zero-order valence-corrected chi connectivity index (χ0v) is 19.8. The van der Waals surface area contributed by atoms with Crippen LogP contribution in [0, 0.1) is 12.9 Å². The molecule has 0 spiro atoms. The number of aryl methyl sites for hydroxylation is 1. The monoisotopic (exact) mass is 465 g/mol. The molecule has 1 aliphatic heterocycles. The zero-order valence-electron chi connectivity index (χ0n) is 19.8. The minimum Gasteiger partial charge on any atom is -0.365 e. The van der Waals surface area contributed by atoms with E-state index in [2.05, 4.69) is 38.8 Å². The Morgan fingerprint density at radius 2 is 1.85 bits per heavy atom. The Balaban J connectivity index is 0.000000161. The van der Waals surface area contributed by atoms with E-state index in [-0.39, 0.29) is 17.2 Å². The minimum absolute atomic E-state index is 0.0631. The molecule has 1 aromatic carbocycles. The number of aromatic amines is 1. The second kappa shape index (κ2) is 10.8. The van der Waals surface area contributed by atoms with E-state index in [0.29, 0.717) is 11.6 Å². The van der Waals surface area contributed by atoms with Crippen LogP contribution in [0.15, 0.2) is 41.2 Å². The lowest BCUT2D eigenvalue weighted by atomic mass is 10.0. The van der Waals surface area contributed by atoms with Gasteiger partial charge in [0, 0.05) is 44.3 Å². The summed E-state index contributed by atoms with van der Waals surface area (Å²) in [5.41, 5.74) is 2.89. The van der Waals surface area contributed by atoms with E-state index < -0.39 is 5.95 Å². The summed E-state index contributed by atoms with van der Waals surface area (Å²) in [6.07, 6.45) is 5.01. The Hall–Kier alpha value is -3.26. The van der Waals surface area contributed by atoms with Crippen molar-refractivity contribution in [2.45, 2.75) is 38.5 Å². The highest BCUT2D eigenvalue weighted by Crippen LogP contribution is 2.33. The predicted molar refractivity (Wildman–Crippen MR) is 133 cm³/mol. The van der Waals surface area contributed by atoms with E-state index in [1.807, 2.05) is 17.9 Å². The van der Waals surface area contributed by atoms with Gasteiger partial charge in [-0.15, -0.1) is 0 Å². The maximum Gasteiger partial charge on any atom is 0.269 e. The number of hydrogen-bond donors (Lipinski definition) is 3. The number of benzene rings is 1. The first-order chi connectivity index (χ1) is 16.5. The van der Waals surface area contributed by atoms with E-state index in [1.54, 1.807) is 12.1 Å². The van der Waals surface area contributed by atoms with Crippen molar-refractivity contribution in [3.8, 4) is 0 Å². The number of anilines is 1. The highest BCUT2D eigenvalue weighted by molar-refractivity contribution is 5.92. The molecule has 1 amide bonds. The number of hydrogen-bond acceptors (Lipinski definition) is 5. The van der Waals surface area contributed by atoms with Gasteiger partial charge in [0.1, 0.15) is 5.69 Å². The number of piperazine rings is 1. The van der Waals surface area contributed by atoms with Crippen molar-refractivity contribution in [1.29, 1.82) is 0 Å². The normalized spacial score (nSPS) is 16.3.